The van der Waals surface area contributed by atoms with Crippen LogP contribution in [0.3, 0.4) is 0 Å². The average molecular weight is 166 g/mol. The SMILES string of the molecule is Cc1c(S)ccc2c1CCO2. The molecule has 0 unspecified atom stereocenters. The number of rotatable bonds is 0. The summed E-state index contributed by atoms with van der Waals surface area (Å²) in [5, 5.41) is 0. The van der Waals surface area contributed by atoms with E-state index >= 15 is 0 Å². The zero-order valence-electron chi connectivity index (χ0n) is 6.42. The highest BCUT2D eigenvalue weighted by atomic mass is 32.1. The van der Waals surface area contributed by atoms with Gasteiger partial charge in [0, 0.05) is 16.9 Å². The maximum Gasteiger partial charge on any atom is 0.122 e. The Hall–Kier alpha value is -0.630. The number of hydrogen-bond donors (Lipinski definition) is 1. The molecule has 0 saturated carbocycles. The van der Waals surface area contributed by atoms with Crippen molar-refractivity contribution in [3.63, 3.8) is 0 Å². The number of thiol groups is 1. The van der Waals surface area contributed by atoms with Gasteiger partial charge < -0.3 is 4.74 Å². The molecule has 1 nitrogen and oxygen atoms in total. The van der Waals surface area contributed by atoms with Crippen LogP contribution in [0.1, 0.15) is 11.1 Å². The van der Waals surface area contributed by atoms with Crippen LogP contribution < -0.4 is 4.74 Å². The Bertz CT molecular complexity index is 294. The summed E-state index contributed by atoms with van der Waals surface area (Å²) in [5.74, 6) is 1.04. The van der Waals surface area contributed by atoms with E-state index in [4.69, 9.17) is 4.74 Å². The molecule has 1 aliphatic heterocycles. The zero-order chi connectivity index (χ0) is 7.84. The first-order valence-corrected chi connectivity index (χ1v) is 4.18. The molecule has 0 atom stereocenters. The van der Waals surface area contributed by atoms with Crippen LogP contribution >= 0.6 is 12.6 Å². The van der Waals surface area contributed by atoms with Crippen molar-refractivity contribution >= 4 is 12.6 Å². The predicted molar refractivity (Wildman–Crippen MR) is 47.6 cm³/mol. The first kappa shape index (κ1) is 7.04. The molecule has 0 saturated heterocycles. The maximum absolute atomic E-state index is 5.40. The van der Waals surface area contributed by atoms with Crippen LogP contribution in [-0.4, -0.2) is 6.61 Å². The molecule has 1 heterocycles. The van der Waals surface area contributed by atoms with E-state index in [1.54, 1.807) is 0 Å². The molecule has 0 aromatic heterocycles. The van der Waals surface area contributed by atoms with Gasteiger partial charge in [-0.1, -0.05) is 0 Å². The third-order valence-electron chi connectivity index (χ3n) is 2.14. The van der Waals surface area contributed by atoms with E-state index in [0.29, 0.717) is 0 Å². The molecule has 2 heteroatoms. The van der Waals surface area contributed by atoms with Crippen molar-refractivity contribution in [2.24, 2.45) is 0 Å². The normalized spacial score (nSPS) is 14.4. The summed E-state index contributed by atoms with van der Waals surface area (Å²) in [7, 11) is 0. The molecular weight excluding hydrogens is 156 g/mol. The van der Waals surface area contributed by atoms with Gasteiger partial charge in [-0.3, -0.25) is 0 Å². The van der Waals surface area contributed by atoms with Gasteiger partial charge in [-0.25, -0.2) is 0 Å². The second-order valence-corrected chi connectivity index (χ2v) is 3.27. The Morgan fingerprint density at radius 3 is 3.09 bits per heavy atom. The van der Waals surface area contributed by atoms with Crippen molar-refractivity contribution in [2.75, 3.05) is 6.61 Å². The summed E-state index contributed by atoms with van der Waals surface area (Å²) in [6.07, 6.45) is 1.04. The van der Waals surface area contributed by atoms with Crippen LogP contribution in [0, 0.1) is 6.92 Å². The molecule has 0 amide bonds. The smallest absolute Gasteiger partial charge is 0.122 e. The topological polar surface area (TPSA) is 9.23 Å². The molecule has 58 valence electrons. The van der Waals surface area contributed by atoms with Crippen molar-refractivity contribution in [3.05, 3.63) is 23.3 Å². The van der Waals surface area contributed by atoms with E-state index in [2.05, 4.69) is 19.6 Å². The lowest BCUT2D eigenvalue weighted by molar-refractivity contribution is 0.356. The lowest BCUT2D eigenvalue weighted by Crippen LogP contribution is -1.86. The minimum atomic E-state index is 0.827. The number of fused-ring (bicyclic) bond motifs is 1. The fourth-order valence-corrected chi connectivity index (χ4v) is 1.64. The van der Waals surface area contributed by atoms with Gasteiger partial charge in [0.25, 0.3) is 0 Å². The van der Waals surface area contributed by atoms with Crippen molar-refractivity contribution < 1.29 is 4.74 Å². The number of ether oxygens (including phenoxy) is 1. The molecule has 1 aromatic carbocycles. The van der Waals surface area contributed by atoms with Gasteiger partial charge in [0.15, 0.2) is 0 Å². The van der Waals surface area contributed by atoms with Crippen LogP contribution in [0.2, 0.25) is 0 Å². The van der Waals surface area contributed by atoms with E-state index in [1.807, 2.05) is 12.1 Å². The maximum atomic E-state index is 5.40. The van der Waals surface area contributed by atoms with Gasteiger partial charge >= 0.3 is 0 Å². The molecule has 11 heavy (non-hydrogen) atoms. The molecule has 0 radical (unpaired) electrons. The van der Waals surface area contributed by atoms with Crippen molar-refractivity contribution in [1.29, 1.82) is 0 Å². The molecule has 0 spiro atoms. The predicted octanol–water partition coefficient (Wildman–Crippen LogP) is 2.22. The summed E-state index contributed by atoms with van der Waals surface area (Å²) < 4.78 is 5.40. The van der Waals surface area contributed by atoms with Crippen LogP contribution in [0.5, 0.6) is 5.75 Å². The Morgan fingerprint density at radius 1 is 1.45 bits per heavy atom. The zero-order valence-corrected chi connectivity index (χ0v) is 7.32. The Kier molecular flexibility index (Phi) is 1.57. The lowest BCUT2D eigenvalue weighted by atomic mass is 10.1. The summed E-state index contributed by atoms with van der Waals surface area (Å²) in [6.45, 7) is 2.92. The van der Waals surface area contributed by atoms with Crippen molar-refractivity contribution in [2.45, 2.75) is 18.2 Å². The van der Waals surface area contributed by atoms with Crippen molar-refractivity contribution in [1.82, 2.24) is 0 Å². The minimum Gasteiger partial charge on any atom is -0.493 e. The molecule has 0 aliphatic carbocycles. The second-order valence-electron chi connectivity index (χ2n) is 2.78. The Balaban J connectivity index is 2.62. The van der Waals surface area contributed by atoms with Gasteiger partial charge in [0.05, 0.1) is 6.61 Å². The average Bonchev–Trinajstić information content (AvgIpc) is 2.45. The standard InChI is InChI=1S/C9H10OS/c1-6-7-4-5-10-8(7)2-3-9(6)11/h2-3,11H,4-5H2,1H3. The van der Waals surface area contributed by atoms with Gasteiger partial charge in [-0.15, -0.1) is 12.6 Å². The lowest BCUT2D eigenvalue weighted by Gasteiger charge is -2.03. The van der Waals surface area contributed by atoms with Crippen LogP contribution in [0.4, 0.5) is 0 Å². The van der Waals surface area contributed by atoms with E-state index in [0.717, 1.165) is 23.7 Å². The first-order valence-electron chi connectivity index (χ1n) is 3.73. The molecule has 0 fully saturated rings. The van der Waals surface area contributed by atoms with Gasteiger partial charge in [0.1, 0.15) is 5.75 Å². The largest absolute Gasteiger partial charge is 0.493 e. The number of benzene rings is 1. The summed E-state index contributed by atoms with van der Waals surface area (Å²) in [4.78, 5) is 1.06. The first-order chi connectivity index (χ1) is 5.29. The molecular formula is C9H10OS. The third kappa shape index (κ3) is 1.02. The Morgan fingerprint density at radius 2 is 2.27 bits per heavy atom. The van der Waals surface area contributed by atoms with Crippen LogP contribution in [0.15, 0.2) is 17.0 Å². The highest BCUT2D eigenvalue weighted by molar-refractivity contribution is 7.80. The van der Waals surface area contributed by atoms with E-state index in [1.165, 1.54) is 11.1 Å². The molecule has 0 N–H and O–H groups in total. The Labute approximate surface area is 71.8 Å². The minimum absolute atomic E-state index is 0.827. The second kappa shape index (κ2) is 2.45. The molecule has 1 aromatic rings. The summed E-state index contributed by atoms with van der Waals surface area (Å²) in [5.41, 5.74) is 2.60. The molecule has 2 rings (SSSR count). The summed E-state index contributed by atoms with van der Waals surface area (Å²) >= 11 is 4.34. The fourth-order valence-electron chi connectivity index (χ4n) is 1.43. The van der Waals surface area contributed by atoms with E-state index < -0.39 is 0 Å². The quantitative estimate of drug-likeness (QED) is 0.581. The van der Waals surface area contributed by atoms with Gasteiger partial charge in [-0.05, 0) is 24.6 Å². The summed E-state index contributed by atoms with van der Waals surface area (Å²) in [6, 6.07) is 3.99. The number of hydrogen-bond acceptors (Lipinski definition) is 2. The van der Waals surface area contributed by atoms with Crippen LogP contribution in [-0.2, 0) is 6.42 Å². The molecule has 0 bridgehead atoms. The third-order valence-corrected chi connectivity index (χ3v) is 2.62. The fraction of sp³-hybridized carbons (Fsp3) is 0.333. The van der Waals surface area contributed by atoms with Crippen LogP contribution in [0.25, 0.3) is 0 Å². The van der Waals surface area contributed by atoms with E-state index in [9.17, 15) is 0 Å². The van der Waals surface area contributed by atoms with Gasteiger partial charge in [-0.2, -0.15) is 0 Å². The van der Waals surface area contributed by atoms with E-state index in [-0.39, 0.29) is 0 Å². The highest BCUT2D eigenvalue weighted by Gasteiger charge is 2.14. The highest BCUT2D eigenvalue weighted by Crippen LogP contribution is 2.31. The van der Waals surface area contributed by atoms with Crippen molar-refractivity contribution in [3.8, 4) is 5.75 Å². The molecule has 1 aliphatic rings. The monoisotopic (exact) mass is 166 g/mol. The van der Waals surface area contributed by atoms with Gasteiger partial charge in [0.2, 0.25) is 0 Å².